The fourth-order valence-electron chi connectivity index (χ4n) is 10.0. The molecule has 0 aromatic carbocycles. The minimum Gasteiger partial charge on any atom is -0.469 e. The zero-order chi connectivity index (χ0) is 25.8. The van der Waals surface area contributed by atoms with Crippen molar-refractivity contribution in [3.8, 4) is 0 Å². The second kappa shape index (κ2) is 9.29. The molecule has 4 rings (SSSR count). The summed E-state index contributed by atoms with van der Waals surface area (Å²) in [5.41, 5.74) is 1.45. The lowest BCUT2D eigenvalue weighted by Gasteiger charge is -2.61. The van der Waals surface area contributed by atoms with Crippen molar-refractivity contribution in [2.75, 3.05) is 7.11 Å². The molecule has 0 aromatic heterocycles. The number of aliphatic hydroxyl groups excluding tert-OH is 1. The van der Waals surface area contributed by atoms with Crippen LogP contribution in [-0.2, 0) is 14.4 Å². The van der Waals surface area contributed by atoms with Gasteiger partial charge in [0.05, 0.1) is 13.2 Å². The van der Waals surface area contributed by atoms with E-state index in [-0.39, 0.29) is 45.8 Å². The van der Waals surface area contributed by atoms with Crippen LogP contribution in [0.25, 0.3) is 0 Å². The number of aliphatic hydroxyl groups is 1. The number of fused-ring (bicyclic) bond motifs is 2. The van der Waals surface area contributed by atoms with Crippen molar-refractivity contribution in [2.45, 2.75) is 104 Å². The van der Waals surface area contributed by atoms with Gasteiger partial charge in [0.1, 0.15) is 6.10 Å². The van der Waals surface area contributed by atoms with Gasteiger partial charge in [-0.3, -0.25) is 10.1 Å². The Morgan fingerprint density at radius 2 is 1.91 bits per heavy atom. The topological polar surface area (TPSA) is 76.0 Å². The van der Waals surface area contributed by atoms with Crippen LogP contribution in [-0.4, -0.2) is 35.7 Å². The largest absolute Gasteiger partial charge is 0.469 e. The highest BCUT2D eigenvalue weighted by atomic mass is 17.1. The van der Waals surface area contributed by atoms with Crippen LogP contribution in [0.2, 0.25) is 0 Å². The van der Waals surface area contributed by atoms with Crippen LogP contribution in [0, 0.1) is 45.3 Å². The molecule has 2 N–H and O–H groups in total. The molecule has 5 nitrogen and oxygen atoms in total. The molecule has 0 unspecified atom stereocenters. The molecule has 10 atom stereocenters. The van der Waals surface area contributed by atoms with Gasteiger partial charge in [0.25, 0.3) is 0 Å². The molecule has 0 amide bonds. The minimum atomic E-state index is -0.389. The van der Waals surface area contributed by atoms with Gasteiger partial charge in [-0.2, -0.15) is 0 Å². The number of methoxy groups -OCH3 is 1. The first kappa shape index (κ1) is 26.9. The van der Waals surface area contributed by atoms with E-state index in [0.717, 1.165) is 37.7 Å². The molecule has 5 heteroatoms. The van der Waals surface area contributed by atoms with Gasteiger partial charge in [0, 0.05) is 12.3 Å². The molecule has 0 aliphatic heterocycles. The summed E-state index contributed by atoms with van der Waals surface area (Å²) in [6.07, 6.45) is 11.1. The lowest BCUT2D eigenvalue weighted by molar-refractivity contribution is -0.270. The molecule has 1 spiro atoms. The van der Waals surface area contributed by atoms with E-state index >= 15 is 0 Å². The third kappa shape index (κ3) is 3.78. The number of rotatable bonds is 10. The van der Waals surface area contributed by atoms with Gasteiger partial charge in [-0.1, -0.05) is 33.4 Å². The van der Waals surface area contributed by atoms with Gasteiger partial charge in [-0.25, -0.2) is 4.89 Å². The molecule has 4 fully saturated rings. The zero-order valence-electron chi connectivity index (χ0n) is 22.6. The van der Waals surface area contributed by atoms with E-state index in [9.17, 15) is 15.2 Å². The summed E-state index contributed by atoms with van der Waals surface area (Å²) in [4.78, 5) is 16.8. The van der Waals surface area contributed by atoms with E-state index in [1.165, 1.54) is 32.8 Å². The second-order valence-electron chi connectivity index (χ2n) is 13.2. The maximum atomic E-state index is 12.1. The van der Waals surface area contributed by atoms with Crippen molar-refractivity contribution in [1.82, 2.24) is 0 Å². The van der Waals surface area contributed by atoms with E-state index in [0.29, 0.717) is 24.2 Å². The quantitative estimate of drug-likeness (QED) is 0.157. The maximum absolute atomic E-state index is 12.1. The van der Waals surface area contributed by atoms with Gasteiger partial charge in [0.2, 0.25) is 0 Å². The summed E-state index contributed by atoms with van der Waals surface area (Å²) in [7, 11) is 1.46. The number of hydrogen-bond donors (Lipinski definition) is 2. The Morgan fingerprint density at radius 1 is 1.20 bits per heavy atom. The number of hydrogen-bond acceptors (Lipinski definition) is 5. The predicted molar refractivity (Wildman–Crippen MR) is 137 cm³/mol. The van der Waals surface area contributed by atoms with Crippen molar-refractivity contribution in [1.29, 1.82) is 0 Å². The second-order valence-corrected chi connectivity index (χ2v) is 13.2. The highest BCUT2D eigenvalue weighted by Gasteiger charge is 2.81. The minimum absolute atomic E-state index is 0.0213. The maximum Gasteiger partial charge on any atom is 0.305 e. The monoisotopic (exact) mass is 488 g/mol. The Balaban J connectivity index is 1.58. The highest BCUT2D eigenvalue weighted by molar-refractivity contribution is 5.69. The highest BCUT2D eigenvalue weighted by Crippen LogP contribution is 2.87. The third-order valence-electron chi connectivity index (χ3n) is 12.2. The molecule has 0 heterocycles. The lowest BCUT2D eigenvalue weighted by atomic mass is 9.43. The number of esters is 1. The molecule has 0 bridgehead atoms. The first-order valence-electron chi connectivity index (χ1n) is 13.8. The molecule has 4 aliphatic carbocycles. The molecule has 198 valence electrons. The summed E-state index contributed by atoms with van der Waals surface area (Å²) in [6, 6.07) is 0. The van der Waals surface area contributed by atoms with Gasteiger partial charge >= 0.3 is 5.97 Å². The van der Waals surface area contributed by atoms with Crippen LogP contribution >= 0.6 is 0 Å². The van der Waals surface area contributed by atoms with Crippen molar-refractivity contribution in [2.24, 2.45) is 45.3 Å². The Bertz CT molecular complexity index is 854. The van der Waals surface area contributed by atoms with Gasteiger partial charge in [-0.05, 0) is 110 Å². The van der Waals surface area contributed by atoms with Crippen LogP contribution in [0.4, 0.5) is 0 Å². The van der Waals surface area contributed by atoms with Crippen LogP contribution in [0.5, 0.6) is 0 Å². The summed E-state index contributed by atoms with van der Waals surface area (Å²) in [6.45, 7) is 17.4. The first-order valence-corrected chi connectivity index (χ1v) is 13.8. The summed E-state index contributed by atoms with van der Waals surface area (Å²) >= 11 is 0. The van der Waals surface area contributed by atoms with E-state index in [1.54, 1.807) is 0 Å². The lowest BCUT2D eigenvalue weighted by Crippen LogP contribution is -2.56. The van der Waals surface area contributed by atoms with E-state index in [1.807, 2.05) is 13.0 Å². The molecule has 4 saturated carbocycles. The Hall–Kier alpha value is -1.17. The normalized spacial score (nSPS) is 45.5. The molecular weight excluding hydrogens is 440 g/mol. The summed E-state index contributed by atoms with van der Waals surface area (Å²) in [5.74, 6) is 1.53. The molecular formula is C30H48O5. The smallest absolute Gasteiger partial charge is 0.305 e. The molecule has 0 radical (unpaired) electrons. The molecule has 0 saturated heterocycles. The fraction of sp³-hybridized carbons (Fsp3) is 0.833. The Morgan fingerprint density at radius 3 is 2.51 bits per heavy atom. The van der Waals surface area contributed by atoms with Crippen molar-refractivity contribution in [3.05, 3.63) is 24.8 Å². The summed E-state index contributed by atoms with van der Waals surface area (Å²) < 4.78 is 4.99. The average Bonchev–Trinajstić information content (AvgIpc) is 3.40. The molecule has 4 aliphatic rings. The van der Waals surface area contributed by atoms with Gasteiger partial charge < -0.3 is 9.84 Å². The predicted octanol–water partition coefficient (Wildman–Crippen LogP) is 6.57. The number of ether oxygens (including phenoxy) is 1. The van der Waals surface area contributed by atoms with Gasteiger partial charge in [0.15, 0.2) is 0 Å². The number of carbonyl (C=O) groups is 1. The average molecular weight is 489 g/mol. The van der Waals surface area contributed by atoms with Crippen molar-refractivity contribution >= 4 is 5.97 Å². The fourth-order valence-corrected chi connectivity index (χ4v) is 10.0. The van der Waals surface area contributed by atoms with Crippen molar-refractivity contribution < 1.29 is 24.8 Å². The van der Waals surface area contributed by atoms with Crippen LogP contribution in [0.15, 0.2) is 24.8 Å². The van der Waals surface area contributed by atoms with Crippen molar-refractivity contribution in [3.63, 3.8) is 0 Å². The Kier molecular flexibility index (Phi) is 7.14. The van der Waals surface area contributed by atoms with Gasteiger partial charge in [-0.15, -0.1) is 6.58 Å². The van der Waals surface area contributed by atoms with E-state index in [4.69, 9.17) is 4.74 Å². The van der Waals surface area contributed by atoms with Crippen LogP contribution < -0.4 is 0 Å². The Labute approximate surface area is 212 Å². The zero-order valence-corrected chi connectivity index (χ0v) is 22.6. The number of carbonyl (C=O) groups excluding carboxylic acids is 1. The standard InChI is InChI=1S/C30H48O5/c1-8-21-23(31)17-25-28(6)13-11-22(20(4)9-10-24(35-33)19(2)3)27(28,5)15-16-30(25)18-29(21,30)14-12-26(32)34-7/h8,20-25,31,33H,1-2,9-18H2,3-7H3/t20-,21-,22-,23+,24-,25+,27-,28+,29-,30+/m1/s1. The molecule has 0 aromatic rings. The van der Waals surface area contributed by atoms with Crippen LogP contribution in [0.1, 0.15) is 91.9 Å². The molecule has 35 heavy (non-hydrogen) atoms. The van der Waals surface area contributed by atoms with E-state index < -0.39 is 0 Å². The van der Waals surface area contributed by atoms with Crippen LogP contribution in [0.3, 0.4) is 0 Å². The van der Waals surface area contributed by atoms with E-state index in [2.05, 4.69) is 38.8 Å². The summed E-state index contributed by atoms with van der Waals surface area (Å²) in [5, 5.41) is 20.7. The third-order valence-corrected chi connectivity index (χ3v) is 12.2. The SMILES string of the molecule is C=C[C@@H]1[C@@H](O)C[C@@H]2[C@]3(CC[C@]4(C)[C@@H]([C@H](C)CC[C@@H](OO)C(=C)C)CC[C@@]24C)C[C@]13CCC(=O)OC. The first-order chi connectivity index (χ1) is 16.5.